The average molecular weight is 285 g/mol. The SMILES string of the molecule is CCN(Cc1c(Cl)c(C)nn1C)C1CCCC1CN. The maximum Gasteiger partial charge on any atom is 0.0860 e. The first-order valence-electron chi connectivity index (χ1n) is 7.20. The van der Waals surface area contributed by atoms with E-state index in [2.05, 4.69) is 16.9 Å². The van der Waals surface area contributed by atoms with Gasteiger partial charge >= 0.3 is 0 Å². The minimum Gasteiger partial charge on any atom is -0.330 e. The monoisotopic (exact) mass is 284 g/mol. The minimum atomic E-state index is 0.598. The van der Waals surface area contributed by atoms with Gasteiger partial charge in [-0.05, 0) is 38.8 Å². The van der Waals surface area contributed by atoms with Crippen LogP contribution < -0.4 is 5.73 Å². The molecule has 2 atom stereocenters. The average Bonchev–Trinajstić information content (AvgIpc) is 2.95. The normalized spacial score (nSPS) is 23.5. The molecule has 1 aliphatic carbocycles. The summed E-state index contributed by atoms with van der Waals surface area (Å²) in [6.45, 7) is 6.86. The number of rotatable bonds is 5. The smallest absolute Gasteiger partial charge is 0.0860 e. The maximum atomic E-state index is 6.36. The molecule has 0 amide bonds. The molecule has 2 N–H and O–H groups in total. The van der Waals surface area contributed by atoms with E-state index in [1.54, 1.807) is 0 Å². The Balaban J connectivity index is 2.14. The fraction of sp³-hybridized carbons (Fsp3) is 0.786. The largest absolute Gasteiger partial charge is 0.330 e. The standard InChI is InChI=1S/C14H25ClN4/c1-4-19(12-7-5-6-11(12)8-16)9-13-14(15)10(2)17-18(13)3/h11-12H,4-9,16H2,1-3H3. The third-order valence-corrected chi connectivity index (χ3v) is 4.90. The van der Waals surface area contributed by atoms with Gasteiger partial charge in [0.2, 0.25) is 0 Å². The van der Waals surface area contributed by atoms with Crippen molar-refractivity contribution in [1.29, 1.82) is 0 Å². The van der Waals surface area contributed by atoms with Crippen LogP contribution in [0.5, 0.6) is 0 Å². The van der Waals surface area contributed by atoms with Gasteiger partial charge in [-0.3, -0.25) is 9.58 Å². The Morgan fingerprint density at radius 2 is 2.21 bits per heavy atom. The van der Waals surface area contributed by atoms with Crippen molar-refractivity contribution in [2.24, 2.45) is 18.7 Å². The van der Waals surface area contributed by atoms with Crippen LogP contribution in [-0.4, -0.2) is 33.8 Å². The lowest BCUT2D eigenvalue weighted by atomic mass is 10.0. The molecule has 1 aliphatic rings. The molecule has 1 aromatic rings. The van der Waals surface area contributed by atoms with Gasteiger partial charge in [-0.15, -0.1) is 0 Å². The summed E-state index contributed by atoms with van der Waals surface area (Å²) in [6.07, 6.45) is 3.81. The van der Waals surface area contributed by atoms with Crippen LogP contribution in [-0.2, 0) is 13.6 Å². The molecule has 1 fully saturated rings. The number of hydrogen-bond acceptors (Lipinski definition) is 3. The molecule has 0 aliphatic heterocycles. The molecular weight excluding hydrogens is 260 g/mol. The van der Waals surface area contributed by atoms with Crippen molar-refractivity contribution in [3.8, 4) is 0 Å². The van der Waals surface area contributed by atoms with E-state index in [-0.39, 0.29) is 0 Å². The van der Waals surface area contributed by atoms with E-state index in [0.29, 0.717) is 12.0 Å². The molecule has 0 radical (unpaired) electrons. The molecule has 4 nitrogen and oxygen atoms in total. The molecule has 108 valence electrons. The quantitative estimate of drug-likeness (QED) is 0.903. The van der Waals surface area contributed by atoms with E-state index in [0.717, 1.165) is 36.0 Å². The number of aryl methyl sites for hydroxylation is 2. The van der Waals surface area contributed by atoms with Gasteiger partial charge in [-0.2, -0.15) is 5.10 Å². The highest BCUT2D eigenvalue weighted by atomic mass is 35.5. The zero-order valence-electron chi connectivity index (χ0n) is 12.2. The van der Waals surface area contributed by atoms with Gasteiger partial charge in [0.15, 0.2) is 0 Å². The van der Waals surface area contributed by atoms with Crippen LogP contribution in [0.1, 0.15) is 37.6 Å². The van der Waals surface area contributed by atoms with Gasteiger partial charge in [0.1, 0.15) is 0 Å². The second-order valence-electron chi connectivity index (χ2n) is 5.53. The Labute approximate surface area is 120 Å². The van der Waals surface area contributed by atoms with Gasteiger partial charge < -0.3 is 5.73 Å². The van der Waals surface area contributed by atoms with E-state index in [9.17, 15) is 0 Å². The van der Waals surface area contributed by atoms with Gasteiger partial charge in [-0.1, -0.05) is 24.9 Å². The third-order valence-electron chi connectivity index (χ3n) is 4.41. The minimum absolute atomic E-state index is 0.598. The first-order valence-corrected chi connectivity index (χ1v) is 7.58. The fourth-order valence-corrected chi connectivity index (χ4v) is 3.50. The number of halogens is 1. The predicted octanol–water partition coefficient (Wildman–Crippen LogP) is 2.33. The van der Waals surface area contributed by atoms with Crippen LogP contribution in [0.3, 0.4) is 0 Å². The van der Waals surface area contributed by atoms with Crippen molar-refractivity contribution in [1.82, 2.24) is 14.7 Å². The number of nitrogens with two attached hydrogens (primary N) is 1. The summed E-state index contributed by atoms with van der Waals surface area (Å²) in [4.78, 5) is 2.51. The second kappa shape index (κ2) is 6.25. The molecule has 0 bridgehead atoms. The highest BCUT2D eigenvalue weighted by molar-refractivity contribution is 6.31. The molecule has 2 unspecified atom stereocenters. The molecule has 2 rings (SSSR count). The van der Waals surface area contributed by atoms with Crippen molar-refractivity contribution < 1.29 is 0 Å². The zero-order valence-corrected chi connectivity index (χ0v) is 13.0. The van der Waals surface area contributed by atoms with Gasteiger partial charge in [0.25, 0.3) is 0 Å². The molecule has 1 aromatic heterocycles. The number of aromatic nitrogens is 2. The second-order valence-corrected chi connectivity index (χ2v) is 5.90. The molecule has 1 heterocycles. The van der Waals surface area contributed by atoms with Crippen molar-refractivity contribution in [2.45, 2.75) is 45.7 Å². The molecule has 0 aromatic carbocycles. The van der Waals surface area contributed by atoms with Crippen LogP contribution in [0.2, 0.25) is 5.02 Å². The van der Waals surface area contributed by atoms with Crippen molar-refractivity contribution in [3.05, 3.63) is 16.4 Å². The lowest BCUT2D eigenvalue weighted by Crippen LogP contribution is -2.40. The van der Waals surface area contributed by atoms with Crippen LogP contribution in [0, 0.1) is 12.8 Å². The molecule has 0 spiro atoms. The van der Waals surface area contributed by atoms with Gasteiger partial charge in [0.05, 0.1) is 16.4 Å². The van der Waals surface area contributed by atoms with Crippen LogP contribution in [0.25, 0.3) is 0 Å². The third kappa shape index (κ3) is 2.96. The Morgan fingerprint density at radius 3 is 2.74 bits per heavy atom. The Kier molecular flexibility index (Phi) is 4.87. The summed E-state index contributed by atoms with van der Waals surface area (Å²) in [5, 5.41) is 5.21. The Hall–Kier alpha value is -0.580. The topological polar surface area (TPSA) is 47.1 Å². The van der Waals surface area contributed by atoms with Crippen LogP contribution >= 0.6 is 11.6 Å². The van der Waals surface area contributed by atoms with E-state index in [1.807, 2.05) is 18.7 Å². The number of hydrogen-bond donors (Lipinski definition) is 1. The summed E-state index contributed by atoms with van der Waals surface area (Å²) in [5.41, 5.74) is 7.93. The van der Waals surface area contributed by atoms with Crippen LogP contribution in [0.4, 0.5) is 0 Å². The summed E-state index contributed by atoms with van der Waals surface area (Å²) in [6, 6.07) is 0.598. The van der Waals surface area contributed by atoms with Gasteiger partial charge in [-0.25, -0.2) is 0 Å². The molecule has 19 heavy (non-hydrogen) atoms. The van der Waals surface area contributed by atoms with Crippen molar-refractivity contribution in [3.63, 3.8) is 0 Å². The van der Waals surface area contributed by atoms with E-state index in [4.69, 9.17) is 17.3 Å². The highest BCUT2D eigenvalue weighted by Crippen LogP contribution is 2.31. The van der Waals surface area contributed by atoms with E-state index in [1.165, 1.54) is 19.3 Å². The zero-order chi connectivity index (χ0) is 14.0. The highest BCUT2D eigenvalue weighted by Gasteiger charge is 2.31. The molecule has 0 saturated heterocycles. The molecule has 5 heteroatoms. The lowest BCUT2D eigenvalue weighted by Gasteiger charge is -2.31. The molecular formula is C14H25ClN4. The van der Waals surface area contributed by atoms with Crippen molar-refractivity contribution >= 4 is 11.6 Å². The first-order chi connectivity index (χ1) is 9.08. The van der Waals surface area contributed by atoms with Crippen LogP contribution in [0.15, 0.2) is 0 Å². The maximum absolute atomic E-state index is 6.36. The fourth-order valence-electron chi connectivity index (χ4n) is 3.28. The predicted molar refractivity (Wildman–Crippen MR) is 79.2 cm³/mol. The van der Waals surface area contributed by atoms with E-state index < -0.39 is 0 Å². The van der Waals surface area contributed by atoms with Gasteiger partial charge in [0, 0.05) is 19.6 Å². The summed E-state index contributed by atoms with van der Waals surface area (Å²) < 4.78 is 1.91. The summed E-state index contributed by atoms with van der Waals surface area (Å²) in [7, 11) is 1.97. The van der Waals surface area contributed by atoms with Crippen molar-refractivity contribution in [2.75, 3.05) is 13.1 Å². The molecule has 1 saturated carbocycles. The van der Waals surface area contributed by atoms with E-state index >= 15 is 0 Å². The summed E-state index contributed by atoms with van der Waals surface area (Å²) in [5.74, 6) is 0.632. The Morgan fingerprint density at radius 1 is 1.47 bits per heavy atom. The lowest BCUT2D eigenvalue weighted by molar-refractivity contribution is 0.158. The Bertz CT molecular complexity index is 429. The number of nitrogens with zero attached hydrogens (tertiary/aromatic N) is 3. The summed E-state index contributed by atoms with van der Waals surface area (Å²) >= 11 is 6.36. The first kappa shape index (κ1) is 14.8.